The Bertz CT molecular complexity index is 1080. The van der Waals surface area contributed by atoms with Gasteiger partial charge in [-0.05, 0) is 105 Å². The number of benzene rings is 2. The number of nitrogens with one attached hydrogen (secondary N) is 1. The first kappa shape index (κ1) is 29.7. The van der Waals surface area contributed by atoms with Crippen molar-refractivity contribution in [2.75, 3.05) is 20.3 Å². The number of halogens is 1. The molecule has 3 N–H and O–H groups in total. The summed E-state index contributed by atoms with van der Waals surface area (Å²) >= 11 is 6.05. The van der Waals surface area contributed by atoms with E-state index in [0.29, 0.717) is 39.1 Å². The molecule has 1 saturated carbocycles. The largest absolute Gasteiger partial charge is 0.493 e. The number of aliphatic hydroxyl groups excluding tert-OH is 2. The lowest BCUT2D eigenvalue weighted by Crippen LogP contribution is -2.42. The summed E-state index contributed by atoms with van der Waals surface area (Å²) < 4.78 is 17.0. The third kappa shape index (κ3) is 7.88. The van der Waals surface area contributed by atoms with Gasteiger partial charge in [0, 0.05) is 24.3 Å². The zero-order chi connectivity index (χ0) is 27.9. The van der Waals surface area contributed by atoms with Crippen LogP contribution < -0.4 is 14.8 Å². The Morgan fingerprint density at radius 1 is 1.00 bits per heavy atom. The summed E-state index contributed by atoms with van der Waals surface area (Å²) in [7, 11) is 1.56. The molecule has 39 heavy (non-hydrogen) atoms. The lowest BCUT2D eigenvalue weighted by molar-refractivity contribution is -0.121. The fourth-order valence-electron chi connectivity index (χ4n) is 5.85. The standard InChI is InChI=1S/C31H42ClNO6/c1-19(2)39-28-18-26(31(36)21-4-8-24(32)9-5-21)23(16-27(28)37-3)17-29(34)33-25-10-6-20(7-11-25)30(35)22-12-14-38-15-13-22/h4-5,8-9,16,18-20,22,25,30-31,35-36H,6-7,10-15,17H2,1-3H3,(H,33,34)/t20-,25-,30?,31?. The third-order valence-electron chi connectivity index (χ3n) is 7.99. The fourth-order valence-corrected chi connectivity index (χ4v) is 5.98. The summed E-state index contributed by atoms with van der Waals surface area (Å²) in [4.78, 5) is 13.2. The van der Waals surface area contributed by atoms with Crippen LogP contribution in [0.3, 0.4) is 0 Å². The lowest BCUT2D eigenvalue weighted by Gasteiger charge is -2.36. The molecule has 1 amide bonds. The summed E-state index contributed by atoms with van der Waals surface area (Å²) in [6.45, 7) is 5.31. The number of hydrogen-bond donors (Lipinski definition) is 3. The Labute approximate surface area is 236 Å². The first-order valence-electron chi connectivity index (χ1n) is 14.1. The van der Waals surface area contributed by atoms with Gasteiger partial charge < -0.3 is 29.7 Å². The van der Waals surface area contributed by atoms with Crippen molar-refractivity contribution in [2.24, 2.45) is 11.8 Å². The molecule has 2 aliphatic rings. The van der Waals surface area contributed by atoms with Crippen LogP contribution in [0.15, 0.2) is 36.4 Å². The van der Waals surface area contributed by atoms with Gasteiger partial charge in [-0.2, -0.15) is 0 Å². The summed E-state index contributed by atoms with van der Waals surface area (Å²) in [6.07, 6.45) is 4.10. The van der Waals surface area contributed by atoms with Gasteiger partial charge in [0.15, 0.2) is 11.5 Å². The van der Waals surface area contributed by atoms with Crippen LogP contribution in [0.2, 0.25) is 5.02 Å². The second-order valence-electron chi connectivity index (χ2n) is 11.1. The molecule has 1 heterocycles. The van der Waals surface area contributed by atoms with Crippen molar-refractivity contribution in [2.45, 2.75) is 83.1 Å². The minimum Gasteiger partial charge on any atom is -0.493 e. The molecule has 8 heteroatoms. The number of amides is 1. The monoisotopic (exact) mass is 559 g/mol. The van der Waals surface area contributed by atoms with E-state index in [2.05, 4.69) is 5.32 Å². The fraction of sp³-hybridized carbons (Fsp3) is 0.581. The Hall–Kier alpha value is -2.32. The summed E-state index contributed by atoms with van der Waals surface area (Å²) in [5.41, 5.74) is 1.93. The maximum Gasteiger partial charge on any atom is 0.224 e. The highest BCUT2D eigenvalue weighted by molar-refractivity contribution is 6.30. The van der Waals surface area contributed by atoms with E-state index in [1.54, 1.807) is 43.5 Å². The highest BCUT2D eigenvalue weighted by Crippen LogP contribution is 2.37. The van der Waals surface area contributed by atoms with E-state index < -0.39 is 6.10 Å². The van der Waals surface area contributed by atoms with E-state index in [0.717, 1.165) is 51.7 Å². The molecule has 2 aromatic rings. The normalized spacial score (nSPS) is 21.8. The van der Waals surface area contributed by atoms with E-state index in [1.165, 1.54) is 0 Å². The molecular formula is C31H42ClNO6. The topological polar surface area (TPSA) is 97.3 Å². The number of rotatable bonds is 10. The van der Waals surface area contributed by atoms with E-state index in [1.807, 2.05) is 13.8 Å². The second-order valence-corrected chi connectivity index (χ2v) is 11.6. The number of aliphatic hydroxyl groups is 2. The van der Waals surface area contributed by atoms with E-state index in [-0.39, 0.29) is 36.5 Å². The predicted molar refractivity (Wildman–Crippen MR) is 151 cm³/mol. The molecule has 214 valence electrons. The van der Waals surface area contributed by atoms with Gasteiger partial charge >= 0.3 is 0 Å². The number of hydrogen-bond acceptors (Lipinski definition) is 6. The highest BCUT2D eigenvalue weighted by Gasteiger charge is 2.33. The van der Waals surface area contributed by atoms with Crippen LogP contribution in [-0.4, -0.2) is 54.7 Å². The highest BCUT2D eigenvalue weighted by atomic mass is 35.5. The van der Waals surface area contributed by atoms with Crippen LogP contribution in [0.25, 0.3) is 0 Å². The van der Waals surface area contributed by atoms with Gasteiger partial charge in [-0.15, -0.1) is 0 Å². The molecule has 0 aromatic heterocycles. The zero-order valence-electron chi connectivity index (χ0n) is 23.2. The Morgan fingerprint density at radius 3 is 2.26 bits per heavy atom. The average Bonchev–Trinajstić information content (AvgIpc) is 2.94. The zero-order valence-corrected chi connectivity index (χ0v) is 24.0. The molecule has 2 unspecified atom stereocenters. The summed E-state index contributed by atoms with van der Waals surface area (Å²) in [5.74, 6) is 1.52. The van der Waals surface area contributed by atoms with Crippen molar-refractivity contribution in [1.29, 1.82) is 0 Å². The molecule has 0 spiro atoms. The first-order chi connectivity index (χ1) is 18.7. The number of methoxy groups -OCH3 is 1. The second kappa shape index (κ2) is 13.8. The summed E-state index contributed by atoms with van der Waals surface area (Å²) in [6, 6.07) is 10.6. The molecule has 4 rings (SSSR count). The number of ether oxygens (including phenoxy) is 3. The SMILES string of the molecule is COc1cc(CC(=O)N[C@H]2CC[C@H](C(O)C3CCOCC3)CC2)c(C(O)c2ccc(Cl)cc2)cc1OC(C)C. The van der Waals surface area contributed by atoms with E-state index in [4.69, 9.17) is 25.8 Å². The van der Waals surface area contributed by atoms with E-state index >= 15 is 0 Å². The molecule has 2 atom stereocenters. The predicted octanol–water partition coefficient (Wildman–Crippen LogP) is 5.22. The van der Waals surface area contributed by atoms with Gasteiger partial charge in [0.1, 0.15) is 6.10 Å². The van der Waals surface area contributed by atoms with Gasteiger partial charge in [0.25, 0.3) is 0 Å². The maximum atomic E-state index is 13.2. The molecule has 1 aliphatic carbocycles. The van der Waals surface area contributed by atoms with Crippen LogP contribution in [0.5, 0.6) is 11.5 Å². The van der Waals surface area contributed by atoms with Crippen molar-refractivity contribution in [3.8, 4) is 11.5 Å². The Kier molecular flexibility index (Phi) is 10.5. The molecular weight excluding hydrogens is 518 g/mol. The maximum absolute atomic E-state index is 13.2. The van der Waals surface area contributed by atoms with Gasteiger partial charge in [-0.1, -0.05) is 23.7 Å². The van der Waals surface area contributed by atoms with Crippen LogP contribution >= 0.6 is 11.6 Å². The Balaban J connectivity index is 1.44. The van der Waals surface area contributed by atoms with Crippen molar-refractivity contribution >= 4 is 17.5 Å². The van der Waals surface area contributed by atoms with Crippen LogP contribution in [0.4, 0.5) is 0 Å². The average molecular weight is 560 g/mol. The van der Waals surface area contributed by atoms with E-state index in [9.17, 15) is 15.0 Å². The van der Waals surface area contributed by atoms with Gasteiger partial charge in [0.05, 0.1) is 25.7 Å². The third-order valence-corrected chi connectivity index (χ3v) is 8.24. The van der Waals surface area contributed by atoms with Gasteiger partial charge in [-0.3, -0.25) is 4.79 Å². The van der Waals surface area contributed by atoms with Gasteiger partial charge in [-0.25, -0.2) is 0 Å². The first-order valence-corrected chi connectivity index (χ1v) is 14.5. The number of carbonyl (C=O) groups is 1. The molecule has 0 bridgehead atoms. The molecule has 1 saturated heterocycles. The van der Waals surface area contributed by atoms with Crippen molar-refractivity contribution < 1.29 is 29.2 Å². The smallest absolute Gasteiger partial charge is 0.224 e. The summed E-state index contributed by atoms with van der Waals surface area (Å²) in [5, 5.41) is 26.0. The minimum absolute atomic E-state index is 0.0747. The van der Waals surface area contributed by atoms with Crippen LogP contribution in [0.1, 0.15) is 75.2 Å². The van der Waals surface area contributed by atoms with Crippen molar-refractivity contribution in [1.82, 2.24) is 5.32 Å². The molecule has 7 nitrogen and oxygen atoms in total. The Morgan fingerprint density at radius 2 is 1.64 bits per heavy atom. The molecule has 0 radical (unpaired) electrons. The van der Waals surface area contributed by atoms with Crippen LogP contribution in [0, 0.1) is 11.8 Å². The molecule has 1 aliphatic heterocycles. The molecule has 2 aromatic carbocycles. The molecule has 2 fully saturated rings. The van der Waals surface area contributed by atoms with Gasteiger partial charge in [0.2, 0.25) is 5.91 Å². The van der Waals surface area contributed by atoms with Crippen LogP contribution in [-0.2, 0) is 16.0 Å². The number of carbonyl (C=O) groups excluding carboxylic acids is 1. The van der Waals surface area contributed by atoms with Crippen molar-refractivity contribution in [3.05, 3.63) is 58.1 Å². The minimum atomic E-state index is -0.965. The van der Waals surface area contributed by atoms with Crippen molar-refractivity contribution in [3.63, 3.8) is 0 Å². The lowest BCUT2D eigenvalue weighted by atomic mass is 9.76. The quantitative estimate of drug-likeness (QED) is 0.369.